The fourth-order valence-corrected chi connectivity index (χ4v) is 3.17. The topological polar surface area (TPSA) is 82.1 Å². The van der Waals surface area contributed by atoms with Gasteiger partial charge in [-0.1, -0.05) is 24.8 Å². The molecule has 7 nitrogen and oxygen atoms in total. The first-order valence-electron chi connectivity index (χ1n) is 8.03. The maximum absolute atomic E-state index is 14.3. The van der Waals surface area contributed by atoms with Gasteiger partial charge in [-0.15, -0.1) is 0 Å². The number of halogens is 5. The van der Waals surface area contributed by atoms with Crippen molar-refractivity contribution in [2.24, 2.45) is 0 Å². The molecule has 0 radical (unpaired) electrons. The molecule has 1 aliphatic rings. The number of ether oxygens (including phenoxy) is 2. The maximum Gasteiger partial charge on any atom is 0.432 e. The van der Waals surface area contributed by atoms with Gasteiger partial charge in [-0.05, 0) is 17.7 Å². The van der Waals surface area contributed by atoms with Gasteiger partial charge < -0.3 is 9.47 Å². The molecule has 0 saturated carbocycles. The van der Waals surface area contributed by atoms with Gasteiger partial charge in [-0.2, -0.15) is 39.7 Å². The minimum atomic E-state index is -6.15. The van der Waals surface area contributed by atoms with Gasteiger partial charge in [0, 0.05) is 13.1 Å². The zero-order valence-corrected chi connectivity index (χ0v) is 15.5. The first-order valence-corrected chi connectivity index (χ1v) is 9.44. The summed E-state index contributed by atoms with van der Waals surface area (Å²) in [5.41, 5.74) is 0.00730. The zero-order valence-electron chi connectivity index (χ0n) is 14.7. The largest absolute Gasteiger partial charge is 0.441 e. The predicted molar refractivity (Wildman–Crippen MR) is 89.1 cm³/mol. The van der Waals surface area contributed by atoms with Gasteiger partial charge in [0.05, 0.1) is 18.8 Å². The van der Waals surface area contributed by atoms with Crippen LogP contribution >= 0.6 is 0 Å². The Hall–Kier alpha value is -2.09. The van der Waals surface area contributed by atoms with Crippen molar-refractivity contribution in [2.75, 3.05) is 26.3 Å². The van der Waals surface area contributed by atoms with Crippen LogP contribution in [0.4, 0.5) is 22.0 Å². The highest BCUT2D eigenvalue weighted by molar-refractivity contribution is 7.87. The summed E-state index contributed by atoms with van der Waals surface area (Å²) in [7, 11) is -6.15. The molecule has 0 bridgehead atoms. The molecule has 1 aromatic rings. The quantitative estimate of drug-likeness (QED) is 0.471. The standard InChI is InChI=1S/C16H16F5NO6S/c1-2-11-3-5-12(6-4-11)13(23)27-14(15(17,18)19)16(20,21)29(24,25)28-22-7-9-26-10-8-22/h2-6,14H,1,7-10H2. The minimum Gasteiger partial charge on any atom is -0.441 e. The van der Waals surface area contributed by atoms with Crippen LogP contribution in [0.2, 0.25) is 0 Å². The molecule has 1 saturated heterocycles. The van der Waals surface area contributed by atoms with E-state index >= 15 is 0 Å². The van der Waals surface area contributed by atoms with E-state index in [-0.39, 0.29) is 26.3 Å². The molecule has 0 N–H and O–H groups in total. The monoisotopic (exact) mass is 445 g/mol. The van der Waals surface area contributed by atoms with Gasteiger partial charge in [0.15, 0.2) is 0 Å². The number of nitrogens with zero attached hydrogens (tertiary/aromatic N) is 1. The second-order valence-electron chi connectivity index (χ2n) is 5.78. The van der Waals surface area contributed by atoms with E-state index in [2.05, 4.69) is 15.6 Å². The fourth-order valence-electron chi connectivity index (χ4n) is 2.20. The molecular formula is C16H16F5NO6S. The number of benzene rings is 1. The highest BCUT2D eigenvalue weighted by Crippen LogP contribution is 2.40. The molecule has 0 amide bonds. The third-order valence-electron chi connectivity index (χ3n) is 3.72. The Balaban J connectivity index is 2.26. The van der Waals surface area contributed by atoms with Crippen LogP contribution in [-0.4, -0.2) is 63.3 Å². The van der Waals surface area contributed by atoms with Crippen molar-refractivity contribution < 1.29 is 48.9 Å². The first kappa shape index (κ1) is 23.2. The minimum absolute atomic E-state index is 0.0700. The average molecular weight is 445 g/mol. The molecule has 1 fully saturated rings. The lowest BCUT2D eigenvalue weighted by Crippen LogP contribution is -2.54. The van der Waals surface area contributed by atoms with Crippen LogP contribution in [0.15, 0.2) is 30.8 Å². The van der Waals surface area contributed by atoms with Crippen LogP contribution in [0.1, 0.15) is 15.9 Å². The van der Waals surface area contributed by atoms with Crippen molar-refractivity contribution >= 4 is 22.2 Å². The second-order valence-corrected chi connectivity index (χ2v) is 7.39. The zero-order chi connectivity index (χ0) is 21.9. The predicted octanol–water partition coefficient (Wildman–Crippen LogP) is 2.60. The number of carbonyl (C=O) groups is 1. The number of morpholine rings is 1. The fraction of sp³-hybridized carbons (Fsp3) is 0.438. The SMILES string of the molecule is C=Cc1ccc(C(=O)OC(C(F)(F)F)C(F)(F)S(=O)(=O)ON2CCOCC2)cc1. The lowest BCUT2D eigenvalue weighted by Gasteiger charge is -2.30. The van der Waals surface area contributed by atoms with Crippen LogP contribution in [-0.2, 0) is 23.9 Å². The third kappa shape index (κ3) is 5.50. The molecule has 1 heterocycles. The Morgan fingerprint density at radius 2 is 1.69 bits per heavy atom. The molecule has 29 heavy (non-hydrogen) atoms. The molecular weight excluding hydrogens is 429 g/mol. The molecule has 0 aliphatic carbocycles. The number of alkyl halides is 5. The number of hydrogen-bond acceptors (Lipinski definition) is 7. The van der Waals surface area contributed by atoms with Crippen LogP contribution in [0.5, 0.6) is 0 Å². The van der Waals surface area contributed by atoms with E-state index in [1.165, 1.54) is 18.2 Å². The Labute approximate surface area is 162 Å². The molecule has 13 heteroatoms. The number of carbonyl (C=O) groups excluding carboxylic acids is 1. The van der Waals surface area contributed by atoms with E-state index in [1.807, 2.05) is 0 Å². The third-order valence-corrected chi connectivity index (χ3v) is 5.00. The summed E-state index contributed by atoms with van der Waals surface area (Å²) in [5.74, 6) is -1.79. The summed E-state index contributed by atoms with van der Waals surface area (Å²) in [5, 5.41) is -5.09. The summed E-state index contributed by atoms with van der Waals surface area (Å²) < 4.78 is 105. The van der Waals surface area contributed by atoms with Crippen LogP contribution in [0.25, 0.3) is 6.08 Å². The van der Waals surface area contributed by atoms with Gasteiger partial charge in [0.2, 0.25) is 0 Å². The van der Waals surface area contributed by atoms with Crippen LogP contribution in [0, 0.1) is 0 Å². The maximum atomic E-state index is 14.3. The van der Waals surface area contributed by atoms with E-state index in [1.54, 1.807) is 0 Å². The van der Waals surface area contributed by atoms with Crippen molar-refractivity contribution in [3.63, 3.8) is 0 Å². The van der Waals surface area contributed by atoms with Crippen molar-refractivity contribution in [1.29, 1.82) is 0 Å². The Morgan fingerprint density at radius 3 is 2.17 bits per heavy atom. The highest BCUT2D eigenvalue weighted by Gasteiger charge is 2.67. The Kier molecular flexibility index (Phi) is 6.98. The van der Waals surface area contributed by atoms with Crippen molar-refractivity contribution in [2.45, 2.75) is 17.5 Å². The number of hydrogen-bond donors (Lipinski definition) is 0. The lowest BCUT2D eigenvalue weighted by atomic mass is 10.1. The molecule has 1 aromatic carbocycles. The summed E-state index contributed by atoms with van der Waals surface area (Å²) in [4.78, 5) is 11.9. The van der Waals surface area contributed by atoms with Crippen LogP contribution < -0.4 is 0 Å². The summed E-state index contributed by atoms with van der Waals surface area (Å²) in [6.45, 7) is 2.77. The number of rotatable bonds is 7. The normalized spacial score (nSPS) is 17.6. The molecule has 1 unspecified atom stereocenters. The molecule has 1 atom stereocenters. The molecule has 1 aliphatic heterocycles. The first-order chi connectivity index (χ1) is 13.4. The summed E-state index contributed by atoms with van der Waals surface area (Å²) in [6, 6.07) is 4.60. The van der Waals surface area contributed by atoms with Gasteiger partial charge in [-0.3, -0.25) is 0 Å². The Bertz CT molecular complexity index is 834. The van der Waals surface area contributed by atoms with Crippen LogP contribution in [0.3, 0.4) is 0 Å². The number of hydroxylamine groups is 2. The average Bonchev–Trinajstić information content (AvgIpc) is 2.65. The lowest BCUT2D eigenvalue weighted by molar-refractivity contribution is -0.250. The van der Waals surface area contributed by atoms with Crippen molar-refractivity contribution in [3.8, 4) is 0 Å². The van der Waals surface area contributed by atoms with Gasteiger partial charge >= 0.3 is 27.5 Å². The number of esters is 1. The molecule has 0 spiro atoms. The van der Waals surface area contributed by atoms with Crippen molar-refractivity contribution in [1.82, 2.24) is 5.06 Å². The second kappa shape index (κ2) is 8.73. The van der Waals surface area contributed by atoms with E-state index in [4.69, 9.17) is 4.74 Å². The molecule has 162 valence electrons. The van der Waals surface area contributed by atoms with Gasteiger partial charge in [0.1, 0.15) is 0 Å². The molecule has 0 aromatic heterocycles. The summed E-state index contributed by atoms with van der Waals surface area (Å²) in [6.07, 6.45) is -8.81. The molecule has 2 rings (SSSR count). The van der Waals surface area contributed by atoms with E-state index in [0.717, 1.165) is 12.1 Å². The van der Waals surface area contributed by atoms with E-state index in [9.17, 15) is 35.2 Å². The van der Waals surface area contributed by atoms with E-state index < -0.39 is 39.2 Å². The summed E-state index contributed by atoms with van der Waals surface area (Å²) >= 11 is 0. The van der Waals surface area contributed by atoms with Crippen molar-refractivity contribution in [3.05, 3.63) is 42.0 Å². The highest BCUT2D eigenvalue weighted by atomic mass is 32.2. The van der Waals surface area contributed by atoms with Gasteiger partial charge in [0.25, 0.3) is 6.10 Å². The Morgan fingerprint density at radius 1 is 1.14 bits per heavy atom. The van der Waals surface area contributed by atoms with E-state index in [0.29, 0.717) is 10.6 Å². The van der Waals surface area contributed by atoms with Gasteiger partial charge in [-0.25, -0.2) is 4.79 Å². The smallest absolute Gasteiger partial charge is 0.432 e.